The lowest BCUT2D eigenvalue weighted by molar-refractivity contribution is 0.0785. The first-order valence-electron chi connectivity index (χ1n) is 5.92. The van der Waals surface area contributed by atoms with Crippen molar-refractivity contribution in [2.75, 3.05) is 12.8 Å². The van der Waals surface area contributed by atoms with Gasteiger partial charge in [-0.2, -0.15) is 0 Å². The number of nitrogen functional groups attached to an aromatic ring is 1. The van der Waals surface area contributed by atoms with E-state index >= 15 is 0 Å². The van der Waals surface area contributed by atoms with Gasteiger partial charge < -0.3 is 10.6 Å². The molecule has 0 atom stereocenters. The molecule has 2 N–H and O–H groups in total. The first kappa shape index (κ1) is 13.4. The Kier molecular flexibility index (Phi) is 4.07. The Balaban J connectivity index is 2.14. The van der Waals surface area contributed by atoms with Gasteiger partial charge in [0.05, 0.1) is 10.6 Å². The molecular weight excluding hydrogens is 260 g/mol. The fraction of sp³-hybridized carbons (Fsp3) is 0.133. The monoisotopic (exact) mass is 274 g/mol. The summed E-state index contributed by atoms with van der Waals surface area (Å²) in [5.41, 5.74) is 7.91. The molecule has 0 aliphatic rings. The molecule has 0 aromatic heterocycles. The van der Waals surface area contributed by atoms with Crippen LogP contribution in [-0.4, -0.2) is 17.9 Å². The van der Waals surface area contributed by atoms with Crippen molar-refractivity contribution in [1.82, 2.24) is 4.90 Å². The van der Waals surface area contributed by atoms with Gasteiger partial charge >= 0.3 is 0 Å². The maximum atomic E-state index is 12.3. The minimum absolute atomic E-state index is 0.104. The average molecular weight is 275 g/mol. The lowest BCUT2D eigenvalue weighted by Gasteiger charge is -2.18. The quantitative estimate of drug-likeness (QED) is 0.874. The van der Waals surface area contributed by atoms with E-state index in [9.17, 15) is 4.79 Å². The van der Waals surface area contributed by atoms with E-state index in [0.29, 0.717) is 22.8 Å². The van der Waals surface area contributed by atoms with Gasteiger partial charge in [-0.05, 0) is 29.8 Å². The zero-order chi connectivity index (χ0) is 13.8. The van der Waals surface area contributed by atoms with Crippen LogP contribution in [0.15, 0.2) is 48.5 Å². The molecule has 1 amide bonds. The number of carbonyl (C=O) groups excluding carboxylic acids is 1. The highest BCUT2D eigenvalue weighted by molar-refractivity contribution is 6.33. The van der Waals surface area contributed by atoms with Crippen LogP contribution in [0.3, 0.4) is 0 Å². The SMILES string of the molecule is CN(Cc1cccc(N)c1)C(=O)c1ccccc1Cl. The van der Waals surface area contributed by atoms with Gasteiger partial charge in [-0.3, -0.25) is 4.79 Å². The number of benzene rings is 2. The molecule has 0 spiro atoms. The molecule has 0 fully saturated rings. The molecule has 0 aliphatic heterocycles. The molecule has 0 unspecified atom stereocenters. The number of rotatable bonds is 3. The minimum atomic E-state index is -0.104. The van der Waals surface area contributed by atoms with Crippen molar-refractivity contribution in [3.63, 3.8) is 0 Å². The Morgan fingerprint density at radius 2 is 1.95 bits per heavy atom. The van der Waals surface area contributed by atoms with Gasteiger partial charge in [0.1, 0.15) is 0 Å². The summed E-state index contributed by atoms with van der Waals surface area (Å²) in [4.78, 5) is 13.9. The molecule has 2 aromatic carbocycles. The van der Waals surface area contributed by atoms with Gasteiger partial charge in [0, 0.05) is 19.3 Å². The smallest absolute Gasteiger partial charge is 0.255 e. The predicted octanol–water partition coefficient (Wildman–Crippen LogP) is 3.19. The number of nitrogens with two attached hydrogens (primary N) is 1. The van der Waals surface area contributed by atoms with Gasteiger partial charge in [-0.25, -0.2) is 0 Å². The highest BCUT2D eigenvalue weighted by Crippen LogP contribution is 2.18. The first-order valence-corrected chi connectivity index (χ1v) is 6.30. The molecular formula is C15H15ClN2O. The number of amides is 1. The minimum Gasteiger partial charge on any atom is -0.399 e. The van der Waals surface area contributed by atoms with E-state index in [-0.39, 0.29) is 5.91 Å². The number of hydrogen-bond acceptors (Lipinski definition) is 2. The van der Waals surface area contributed by atoms with Crippen LogP contribution in [0.4, 0.5) is 5.69 Å². The maximum Gasteiger partial charge on any atom is 0.255 e. The van der Waals surface area contributed by atoms with E-state index in [1.165, 1.54) is 0 Å². The zero-order valence-corrected chi connectivity index (χ0v) is 11.4. The van der Waals surface area contributed by atoms with Crippen LogP contribution in [0.1, 0.15) is 15.9 Å². The molecule has 0 bridgehead atoms. The average Bonchev–Trinajstić information content (AvgIpc) is 2.38. The van der Waals surface area contributed by atoms with Gasteiger partial charge in [-0.1, -0.05) is 35.9 Å². The number of halogens is 1. The van der Waals surface area contributed by atoms with E-state index < -0.39 is 0 Å². The summed E-state index contributed by atoms with van der Waals surface area (Å²) in [5, 5.41) is 0.465. The molecule has 0 heterocycles. The van der Waals surface area contributed by atoms with E-state index in [4.69, 9.17) is 17.3 Å². The lowest BCUT2D eigenvalue weighted by atomic mass is 10.1. The number of nitrogens with zero attached hydrogens (tertiary/aromatic N) is 1. The van der Waals surface area contributed by atoms with Crippen molar-refractivity contribution in [3.8, 4) is 0 Å². The topological polar surface area (TPSA) is 46.3 Å². The van der Waals surface area contributed by atoms with Gasteiger partial charge in [0.2, 0.25) is 0 Å². The number of anilines is 1. The van der Waals surface area contributed by atoms with Crippen molar-refractivity contribution in [1.29, 1.82) is 0 Å². The third-order valence-corrected chi connectivity index (χ3v) is 3.15. The van der Waals surface area contributed by atoms with Crippen molar-refractivity contribution in [3.05, 3.63) is 64.7 Å². The maximum absolute atomic E-state index is 12.3. The Bertz CT molecular complexity index is 598. The lowest BCUT2D eigenvalue weighted by Crippen LogP contribution is -2.26. The predicted molar refractivity (Wildman–Crippen MR) is 78.1 cm³/mol. The third kappa shape index (κ3) is 3.26. The Hall–Kier alpha value is -2.00. The van der Waals surface area contributed by atoms with Crippen LogP contribution in [0, 0.1) is 0 Å². The molecule has 19 heavy (non-hydrogen) atoms. The van der Waals surface area contributed by atoms with Crippen molar-refractivity contribution < 1.29 is 4.79 Å². The van der Waals surface area contributed by atoms with Crippen molar-refractivity contribution >= 4 is 23.2 Å². The second-order valence-electron chi connectivity index (χ2n) is 4.39. The molecule has 2 rings (SSSR count). The van der Waals surface area contributed by atoms with Crippen LogP contribution in [0.2, 0.25) is 5.02 Å². The Morgan fingerprint density at radius 3 is 2.63 bits per heavy atom. The van der Waals surface area contributed by atoms with E-state index in [1.807, 2.05) is 24.3 Å². The molecule has 2 aromatic rings. The normalized spacial score (nSPS) is 10.2. The summed E-state index contributed by atoms with van der Waals surface area (Å²) < 4.78 is 0. The fourth-order valence-electron chi connectivity index (χ4n) is 1.88. The second-order valence-corrected chi connectivity index (χ2v) is 4.79. The Labute approximate surface area is 117 Å². The van der Waals surface area contributed by atoms with Crippen LogP contribution in [0.25, 0.3) is 0 Å². The molecule has 98 valence electrons. The largest absolute Gasteiger partial charge is 0.399 e. The number of hydrogen-bond donors (Lipinski definition) is 1. The summed E-state index contributed by atoms with van der Waals surface area (Å²) in [5.74, 6) is -0.104. The summed E-state index contributed by atoms with van der Waals surface area (Å²) >= 11 is 6.02. The van der Waals surface area contributed by atoms with Gasteiger partial charge in [-0.15, -0.1) is 0 Å². The summed E-state index contributed by atoms with van der Waals surface area (Å²) in [6.07, 6.45) is 0. The van der Waals surface area contributed by atoms with Gasteiger partial charge in [0.15, 0.2) is 0 Å². The second kappa shape index (κ2) is 5.76. The number of carbonyl (C=O) groups is 1. The van der Waals surface area contributed by atoms with E-state index in [0.717, 1.165) is 5.56 Å². The van der Waals surface area contributed by atoms with Crippen molar-refractivity contribution in [2.45, 2.75) is 6.54 Å². The highest BCUT2D eigenvalue weighted by Gasteiger charge is 2.14. The molecule has 3 nitrogen and oxygen atoms in total. The molecule has 0 aliphatic carbocycles. The molecule has 0 saturated heterocycles. The van der Waals surface area contributed by atoms with Crippen LogP contribution >= 0.6 is 11.6 Å². The van der Waals surface area contributed by atoms with Crippen LogP contribution in [-0.2, 0) is 6.54 Å². The summed E-state index contributed by atoms with van der Waals surface area (Å²) in [6, 6.07) is 14.5. The fourth-order valence-corrected chi connectivity index (χ4v) is 2.09. The van der Waals surface area contributed by atoms with E-state index in [2.05, 4.69) is 0 Å². The Morgan fingerprint density at radius 1 is 1.21 bits per heavy atom. The molecule has 4 heteroatoms. The molecule has 0 radical (unpaired) electrons. The summed E-state index contributed by atoms with van der Waals surface area (Å²) in [6.45, 7) is 0.495. The zero-order valence-electron chi connectivity index (χ0n) is 10.6. The first-order chi connectivity index (χ1) is 9.08. The van der Waals surface area contributed by atoms with Crippen LogP contribution < -0.4 is 5.73 Å². The van der Waals surface area contributed by atoms with Crippen molar-refractivity contribution in [2.24, 2.45) is 0 Å². The highest BCUT2D eigenvalue weighted by atomic mass is 35.5. The molecule has 0 saturated carbocycles. The standard InChI is InChI=1S/C15H15ClN2O/c1-18(10-11-5-4-6-12(17)9-11)15(19)13-7-2-3-8-14(13)16/h2-9H,10,17H2,1H3. The third-order valence-electron chi connectivity index (χ3n) is 2.82. The van der Waals surface area contributed by atoms with Crippen LogP contribution in [0.5, 0.6) is 0 Å². The van der Waals surface area contributed by atoms with E-state index in [1.54, 1.807) is 36.2 Å². The van der Waals surface area contributed by atoms with Gasteiger partial charge in [0.25, 0.3) is 5.91 Å². The summed E-state index contributed by atoms with van der Waals surface area (Å²) in [7, 11) is 1.74.